The standard InChI is InChI=1S/C10H14F3N3O.2ClH/c1-6-3-14-4-7-5-15-8(16(6)7)9(2,17)10(11,12)13;;/h5-6,14,17H,3-4H2,1-2H3;2*1H. The zero-order valence-electron chi connectivity index (χ0n) is 10.4. The highest BCUT2D eigenvalue weighted by Gasteiger charge is 2.54. The largest absolute Gasteiger partial charge is 0.424 e. The van der Waals surface area contributed by atoms with Crippen molar-refractivity contribution in [2.75, 3.05) is 6.54 Å². The van der Waals surface area contributed by atoms with E-state index >= 15 is 0 Å². The van der Waals surface area contributed by atoms with Crippen LogP contribution in [-0.2, 0) is 12.1 Å². The monoisotopic (exact) mass is 321 g/mol. The van der Waals surface area contributed by atoms with E-state index in [1.165, 1.54) is 10.8 Å². The van der Waals surface area contributed by atoms with Crippen molar-refractivity contribution in [2.45, 2.75) is 38.2 Å². The number of rotatable bonds is 1. The first-order valence-corrected chi connectivity index (χ1v) is 5.31. The van der Waals surface area contributed by atoms with Crippen molar-refractivity contribution in [3.05, 3.63) is 17.7 Å². The summed E-state index contributed by atoms with van der Waals surface area (Å²) in [6.07, 6.45) is -3.36. The Kier molecular flexibility index (Phi) is 5.71. The van der Waals surface area contributed by atoms with E-state index in [1.807, 2.05) is 0 Å². The first kappa shape index (κ1) is 18.5. The molecular formula is C10H16Cl2F3N3O. The molecule has 4 nitrogen and oxygen atoms in total. The summed E-state index contributed by atoms with van der Waals surface area (Å²) in [5, 5.41) is 12.7. The van der Waals surface area contributed by atoms with Crippen molar-refractivity contribution in [3.8, 4) is 0 Å². The number of alkyl halides is 3. The third-order valence-corrected chi connectivity index (χ3v) is 3.05. The maximum Gasteiger partial charge on any atom is 0.424 e. The second-order valence-corrected chi connectivity index (χ2v) is 4.49. The van der Waals surface area contributed by atoms with Crippen LogP contribution >= 0.6 is 24.8 Å². The molecule has 2 unspecified atom stereocenters. The quantitative estimate of drug-likeness (QED) is 0.833. The Morgan fingerprint density at radius 3 is 2.53 bits per heavy atom. The van der Waals surface area contributed by atoms with Gasteiger partial charge in [0.1, 0.15) is 0 Å². The lowest BCUT2D eigenvalue weighted by atomic mass is 10.0. The second-order valence-electron chi connectivity index (χ2n) is 4.49. The Morgan fingerprint density at radius 2 is 2.00 bits per heavy atom. The van der Waals surface area contributed by atoms with E-state index in [4.69, 9.17) is 0 Å². The summed E-state index contributed by atoms with van der Waals surface area (Å²) in [5.74, 6) is -0.339. The number of hydrogen-bond acceptors (Lipinski definition) is 3. The molecule has 9 heteroatoms. The SMILES string of the molecule is CC1CNCc2cnc(C(C)(O)C(F)(F)F)n21.Cl.Cl. The zero-order chi connectivity index (χ0) is 12.8. The summed E-state index contributed by atoms with van der Waals surface area (Å²) in [7, 11) is 0. The molecule has 0 fully saturated rings. The molecule has 0 saturated heterocycles. The zero-order valence-corrected chi connectivity index (χ0v) is 12.0. The molecule has 2 N–H and O–H groups in total. The van der Waals surface area contributed by atoms with Gasteiger partial charge in [-0.3, -0.25) is 0 Å². The van der Waals surface area contributed by atoms with Crippen LogP contribution in [0.1, 0.15) is 31.4 Å². The number of aromatic nitrogens is 2. The molecule has 0 spiro atoms. The van der Waals surface area contributed by atoms with Gasteiger partial charge < -0.3 is 15.0 Å². The maximum atomic E-state index is 12.8. The van der Waals surface area contributed by atoms with Crippen LogP contribution in [0, 0.1) is 0 Å². The molecule has 0 bridgehead atoms. The Morgan fingerprint density at radius 1 is 1.42 bits per heavy atom. The molecular weight excluding hydrogens is 306 g/mol. The minimum absolute atomic E-state index is 0. The number of nitrogens with one attached hydrogen (secondary N) is 1. The van der Waals surface area contributed by atoms with Crippen molar-refractivity contribution in [1.82, 2.24) is 14.9 Å². The van der Waals surface area contributed by atoms with Crippen LogP contribution in [0.25, 0.3) is 0 Å². The first-order valence-electron chi connectivity index (χ1n) is 5.31. The van der Waals surface area contributed by atoms with Gasteiger partial charge in [-0.15, -0.1) is 24.8 Å². The lowest BCUT2D eigenvalue weighted by molar-refractivity contribution is -0.263. The number of aliphatic hydroxyl groups is 1. The summed E-state index contributed by atoms with van der Waals surface area (Å²) in [6, 6.07) is -0.162. The van der Waals surface area contributed by atoms with Gasteiger partial charge in [0.2, 0.25) is 5.60 Å². The first-order chi connectivity index (χ1) is 7.75. The van der Waals surface area contributed by atoms with Gasteiger partial charge in [-0.2, -0.15) is 13.2 Å². The minimum Gasteiger partial charge on any atom is -0.374 e. The maximum absolute atomic E-state index is 12.8. The van der Waals surface area contributed by atoms with E-state index in [2.05, 4.69) is 10.3 Å². The predicted molar refractivity (Wildman–Crippen MR) is 68.8 cm³/mol. The Balaban J connectivity index is 0.00000162. The van der Waals surface area contributed by atoms with Gasteiger partial charge in [-0.05, 0) is 13.8 Å². The van der Waals surface area contributed by atoms with Gasteiger partial charge in [0, 0.05) is 25.3 Å². The number of halogens is 5. The lowest BCUT2D eigenvalue weighted by Crippen LogP contribution is -2.44. The topological polar surface area (TPSA) is 50.1 Å². The van der Waals surface area contributed by atoms with Crippen LogP contribution in [0.2, 0.25) is 0 Å². The van der Waals surface area contributed by atoms with Gasteiger partial charge >= 0.3 is 6.18 Å². The molecule has 0 amide bonds. The Labute approximate surface area is 121 Å². The van der Waals surface area contributed by atoms with Gasteiger partial charge in [0.25, 0.3) is 0 Å². The molecule has 0 radical (unpaired) electrons. The van der Waals surface area contributed by atoms with Crippen LogP contribution in [0.4, 0.5) is 13.2 Å². The van der Waals surface area contributed by atoms with Crippen LogP contribution < -0.4 is 5.32 Å². The molecule has 2 rings (SSSR count). The van der Waals surface area contributed by atoms with E-state index in [1.54, 1.807) is 6.92 Å². The van der Waals surface area contributed by atoms with Crippen LogP contribution in [0.5, 0.6) is 0 Å². The van der Waals surface area contributed by atoms with E-state index < -0.39 is 11.8 Å². The van der Waals surface area contributed by atoms with Gasteiger partial charge in [-0.1, -0.05) is 0 Å². The van der Waals surface area contributed by atoms with Crippen molar-refractivity contribution >= 4 is 24.8 Å². The van der Waals surface area contributed by atoms with Gasteiger partial charge in [0.15, 0.2) is 5.82 Å². The number of hydrogen-bond donors (Lipinski definition) is 2. The average molecular weight is 322 g/mol. The molecule has 0 aromatic carbocycles. The average Bonchev–Trinajstić information content (AvgIpc) is 2.61. The minimum atomic E-state index is -4.74. The Hall–Kier alpha value is -0.500. The van der Waals surface area contributed by atoms with E-state index in [9.17, 15) is 18.3 Å². The number of imidazole rings is 1. The van der Waals surface area contributed by atoms with E-state index in [-0.39, 0.29) is 36.7 Å². The third-order valence-electron chi connectivity index (χ3n) is 3.05. The van der Waals surface area contributed by atoms with E-state index in [0.29, 0.717) is 18.8 Å². The van der Waals surface area contributed by atoms with Crippen LogP contribution in [0.3, 0.4) is 0 Å². The van der Waals surface area contributed by atoms with E-state index in [0.717, 1.165) is 6.92 Å². The lowest BCUT2D eigenvalue weighted by Gasteiger charge is -2.31. The highest BCUT2D eigenvalue weighted by molar-refractivity contribution is 5.85. The van der Waals surface area contributed by atoms with Gasteiger partial charge in [-0.25, -0.2) is 4.98 Å². The predicted octanol–water partition coefficient (Wildman–Crippen LogP) is 2.16. The molecule has 0 aliphatic carbocycles. The molecule has 2 heterocycles. The molecule has 1 aromatic rings. The fourth-order valence-corrected chi connectivity index (χ4v) is 2.01. The highest BCUT2D eigenvalue weighted by atomic mass is 35.5. The number of nitrogens with zero attached hydrogens (tertiary/aromatic N) is 2. The van der Waals surface area contributed by atoms with Gasteiger partial charge in [0.05, 0.1) is 5.69 Å². The van der Waals surface area contributed by atoms with Crippen molar-refractivity contribution in [1.29, 1.82) is 0 Å². The molecule has 1 aliphatic heterocycles. The molecule has 0 saturated carbocycles. The van der Waals surface area contributed by atoms with Crippen molar-refractivity contribution in [2.24, 2.45) is 0 Å². The normalized spacial score (nSPS) is 21.7. The molecule has 112 valence electrons. The molecule has 19 heavy (non-hydrogen) atoms. The third kappa shape index (κ3) is 2.99. The molecule has 1 aromatic heterocycles. The summed E-state index contributed by atoms with van der Waals surface area (Å²) in [5.41, 5.74) is -2.26. The molecule has 1 aliphatic rings. The van der Waals surface area contributed by atoms with Crippen molar-refractivity contribution in [3.63, 3.8) is 0 Å². The summed E-state index contributed by atoms with van der Waals surface area (Å²) < 4.78 is 39.8. The van der Waals surface area contributed by atoms with Crippen LogP contribution in [-0.4, -0.2) is 27.4 Å². The summed E-state index contributed by atoms with van der Waals surface area (Å²) >= 11 is 0. The molecule has 2 atom stereocenters. The summed E-state index contributed by atoms with van der Waals surface area (Å²) in [4.78, 5) is 3.74. The smallest absolute Gasteiger partial charge is 0.374 e. The summed E-state index contributed by atoms with van der Waals surface area (Å²) in [6.45, 7) is 3.54. The Bertz CT molecular complexity index is 434. The highest BCUT2D eigenvalue weighted by Crippen LogP contribution is 2.39. The number of fused-ring (bicyclic) bond motifs is 1. The van der Waals surface area contributed by atoms with Crippen LogP contribution in [0.15, 0.2) is 6.20 Å². The second kappa shape index (κ2) is 5.87. The fraction of sp³-hybridized carbons (Fsp3) is 0.700. The fourth-order valence-electron chi connectivity index (χ4n) is 2.01. The van der Waals surface area contributed by atoms with Crippen molar-refractivity contribution < 1.29 is 18.3 Å².